The Bertz CT molecular complexity index is 222. The van der Waals surface area contributed by atoms with E-state index < -0.39 is 4.84 Å². The number of nitrogens with zero attached hydrogens (tertiary/aromatic N) is 1. The third kappa shape index (κ3) is 2.24. The minimum atomic E-state index is -0.520. The number of ether oxygens (including phenoxy) is 1. The Hall–Kier alpha value is -0.470. The van der Waals surface area contributed by atoms with Gasteiger partial charge in [-0.15, -0.1) is 23.2 Å². The Balaban J connectivity index is 2.83. The largest absolute Gasteiger partial charge is 0.481 e. The van der Waals surface area contributed by atoms with Gasteiger partial charge in [-0.3, -0.25) is 0 Å². The number of hydrogen-bond donors (Lipinski definition) is 0. The third-order valence-corrected chi connectivity index (χ3v) is 1.72. The van der Waals surface area contributed by atoms with E-state index in [2.05, 4.69) is 4.98 Å². The van der Waals surface area contributed by atoms with Crippen LogP contribution in [0.2, 0.25) is 0 Å². The van der Waals surface area contributed by atoms with E-state index in [0.717, 1.165) is 5.56 Å². The summed E-state index contributed by atoms with van der Waals surface area (Å²) in [6.45, 7) is 0. The number of pyridine rings is 1. The molecule has 1 aromatic heterocycles. The van der Waals surface area contributed by atoms with Gasteiger partial charge in [0.05, 0.1) is 7.11 Å². The lowest BCUT2D eigenvalue weighted by atomic mass is 10.3. The molecule has 2 nitrogen and oxygen atoms in total. The van der Waals surface area contributed by atoms with Crippen molar-refractivity contribution in [2.45, 2.75) is 4.84 Å². The van der Waals surface area contributed by atoms with Crippen LogP contribution in [0.25, 0.3) is 0 Å². The van der Waals surface area contributed by atoms with E-state index in [1.54, 1.807) is 25.4 Å². The van der Waals surface area contributed by atoms with E-state index in [9.17, 15) is 0 Å². The molecule has 4 heteroatoms. The Morgan fingerprint density at radius 1 is 1.45 bits per heavy atom. The SMILES string of the molecule is COc1ccc(C(Cl)Cl)cn1. The summed E-state index contributed by atoms with van der Waals surface area (Å²) in [5, 5.41) is 0. The lowest BCUT2D eigenvalue weighted by molar-refractivity contribution is 0.397. The average Bonchev–Trinajstić information content (AvgIpc) is 2.05. The molecule has 0 saturated heterocycles. The molecule has 11 heavy (non-hydrogen) atoms. The van der Waals surface area contributed by atoms with E-state index in [1.165, 1.54) is 0 Å². The molecule has 0 N–H and O–H groups in total. The number of rotatable bonds is 2. The average molecular weight is 192 g/mol. The standard InChI is InChI=1S/C7H7Cl2NO/c1-11-6-3-2-5(4-10-6)7(8)9/h2-4,7H,1H3. The van der Waals surface area contributed by atoms with Crippen molar-refractivity contribution in [2.75, 3.05) is 7.11 Å². The van der Waals surface area contributed by atoms with E-state index in [0.29, 0.717) is 5.88 Å². The van der Waals surface area contributed by atoms with Crippen LogP contribution in [-0.4, -0.2) is 12.1 Å². The van der Waals surface area contributed by atoms with Crippen molar-refractivity contribution in [1.82, 2.24) is 4.98 Å². The van der Waals surface area contributed by atoms with Crippen LogP contribution in [0.15, 0.2) is 18.3 Å². The van der Waals surface area contributed by atoms with Crippen molar-refractivity contribution >= 4 is 23.2 Å². The van der Waals surface area contributed by atoms with Gasteiger partial charge in [0, 0.05) is 17.8 Å². The van der Waals surface area contributed by atoms with Crippen molar-refractivity contribution in [3.05, 3.63) is 23.9 Å². The Morgan fingerprint density at radius 2 is 2.18 bits per heavy atom. The van der Waals surface area contributed by atoms with Gasteiger partial charge in [0.25, 0.3) is 0 Å². The maximum absolute atomic E-state index is 5.58. The summed E-state index contributed by atoms with van der Waals surface area (Å²) >= 11 is 11.2. The van der Waals surface area contributed by atoms with Gasteiger partial charge in [0.15, 0.2) is 0 Å². The summed E-state index contributed by atoms with van der Waals surface area (Å²) in [5.41, 5.74) is 0.772. The number of alkyl halides is 2. The molecule has 0 bridgehead atoms. The van der Waals surface area contributed by atoms with Crippen molar-refractivity contribution in [3.8, 4) is 5.88 Å². The Kier molecular flexibility index (Phi) is 2.97. The molecule has 0 aliphatic rings. The topological polar surface area (TPSA) is 22.1 Å². The van der Waals surface area contributed by atoms with Crippen LogP contribution < -0.4 is 4.74 Å². The van der Waals surface area contributed by atoms with Crippen LogP contribution in [0.5, 0.6) is 5.88 Å². The van der Waals surface area contributed by atoms with Crippen LogP contribution in [0.4, 0.5) is 0 Å². The number of aromatic nitrogens is 1. The molecule has 1 rings (SSSR count). The molecule has 0 atom stereocenters. The molecular weight excluding hydrogens is 185 g/mol. The highest BCUT2D eigenvalue weighted by molar-refractivity contribution is 6.44. The molecule has 0 amide bonds. The molecule has 0 aliphatic carbocycles. The molecule has 1 aromatic rings. The summed E-state index contributed by atoms with van der Waals surface area (Å²) in [5.74, 6) is 0.558. The van der Waals surface area contributed by atoms with Gasteiger partial charge in [-0.2, -0.15) is 0 Å². The molecular formula is C7H7Cl2NO. The minimum absolute atomic E-state index is 0.520. The van der Waals surface area contributed by atoms with E-state index >= 15 is 0 Å². The third-order valence-electron chi connectivity index (χ3n) is 1.22. The van der Waals surface area contributed by atoms with E-state index in [4.69, 9.17) is 27.9 Å². The van der Waals surface area contributed by atoms with Crippen molar-refractivity contribution in [1.29, 1.82) is 0 Å². The zero-order valence-corrected chi connectivity index (χ0v) is 7.43. The predicted molar refractivity (Wildman–Crippen MR) is 45.2 cm³/mol. The van der Waals surface area contributed by atoms with Gasteiger partial charge >= 0.3 is 0 Å². The van der Waals surface area contributed by atoms with Crippen molar-refractivity contribution < 1.29 is 4.74 Å². The Labute approximate surface area is 75.1 Å². The monoisotopic (exact) mass is 191 g/mol. The maximum Gasteiger partial charge on any atom is 0.212 e. The summed E-state index contributed by atoms with van der Waals surface area (Å²) in [6, 6.07) is 3.49. The highest BCUT2D eigenvalue weighted by atomic mass is 35.5. The smallest absolute Gasteiger partial charge is 0.212 e. The first-order valence-electron chi connectivity index (χ1n) is 3.02. The summed E-state index contributed by atoms with van der Waals surface area (Å²) < 4.78 is 4.85. The zero-order valence-electron chi connectivity index (χ0n) is 5.92. The molecule has 0 spiro atoms. The molecule has 0 saturated carbocycles. The maximum atomic E-state index is 5.58. The lowest BCUT2D eigenvalue weighted by Gasteiger charge is -2.01. The second kappa shape index (κ2) is 3.79. The predicted octanol–water partition coefficient (Wildman–Crippen LogP) is 2.57. The van der Waals surface area contributed by atoms with Crippen LogP contribution in [-0.2, 0) is 0 Å². The zero-order chi connectivity index (χ0) is 8.27. The minimum Gasteiger partial charge on any atom is -0.481 e. The van der Waals surface area contributed by atoms with Crippen molar-refractivity contribution in [2.24, 2.45) is 0 Å². The first-order chi connectivity index (χ1) is 5.24. The molecule has 1 heterocycles. The van der Waals surface area contributed by atoms with Gasteiger partial charge < -0.3 is 4.74 Å². The Morgan fingerprint density at radius 3 is 2.55 bits per heavy atom. The first kappa shape index (κ1) is 8.62. The summed E-state index contributed by atoms with van der Waals surface area (Å²) in [6.07, 6.45) is 1.59. The second-order valence-corrected chi connectivity index (χ2v) is 3.03. The highest BCUT2D eigenvalue weighted by Gasteiger charge is 2.02. The van der Waals surface area contributed by atoms with Gasteiger partial charge in [0.2, 0.25) is 5.88 Å². The first-order valence-corrected chi connectivity index (χ1v) is 3.89. The number of hydrogen-bond acceptors (Lipinski definition) is 2. The number of halogens is 2. The molecule has 0 aliphatic heterocycles. The normalized spacial score (nSPS) is 10.2. The lowest BCUT2D eigenvalue weighted by Crippen LogP contribution is -1.88. The van der Waals surface area contributed by atoms with Gasteiger partial charge in [-0.25, -0.2) is 4.98 Å². The molecule has 0 aromatic carbocycles. The molecule has 0 radical (unpaired) electrons. The van der Waals surface area contributed by atoms with Crippen LogP contribution in [0.3, 0.4) is 0 Å². The van der Waals surface area contributed by atoms with Crippen molar-refractivity contribution in [3.63, 3.8) is 0 Å². The molecule has 60 valence electrons. The van der Waals surface area contributed by atoms with E-state index in [-0.39, 0.29) is 0 Å². The fraction of sp³-hybridized carbons (Fsp3) is 0.286. The molecule has 0 unspecified atom stereocenters. The fourth-order valence-electron chi connectivity index (χ4n) is 0.642. The van der Waals surface area contributed by atoms with Gasteiger partial charge in [-0.1, -0.05) is 0 Å². The van der Waals surface area contributed by atoms with Gasteiger partial charge in [0.1, 0.15) is 4.84 Å². The highest BCUT2D eigenvalue weighted by Crippen LogP contribution is 2.24. The van der Waals surface area contributed by atoms with Crippen LogP contribution in [0, 0.1) is 0 Å². The second-order valence-electron chi connectivity index (χ2n) is 1.93. The van der Waals surface area contributed by atoms with Crippen LogP contribution in [0.1, 0.15) is 10.4 Å². The summed E-state index contributed by atoms with van der Waals surface area (Å²) in [4.78, 5) is 3.41. The summed E-state index contributed by atoms with van der Waals surface area (Å²) in [7, 11) is 1.56. The quantitative estimate of drug-likeness (QED) is 0.671. The van der Waals surface area contributed by atoms with Crippen LogP contribution >= 0.6 is 23.2 Å². The molecule has 0 fully saturated rings. The fourth-order valence-corrected chi connectivity index (χ4v) is 0.900. The van der Waals surface area contributed by atoms with E-state index in [1.807, 2.05) is 0 Å². The van der Waals surface area contributed by atoms with Gasteiger partial charge in [-0.05, 0) is 6.07 Å². The number of methoxy groups -OCH3 is 1.